The molecule has 164 valence electrons. The highest BCUT2D eigenvalue weighted by Gasteiger charge is 2.42. The van der Waals surface area contributed by atoms with Crippen LogP contribution in [0, 0.1) is 18.7 Å². The molecule has 0 aliphatic carbocycles. The molecule has 1 aliphatic heterocycles. The van der Waals surface area contributed by atoms with Crippen LogP contribution in [-0.2, 0) is 9.59 Å². The van der Waals surface area contributed by atoms with Gasteiger partial charge in [0.05, 0.1) is 17.6 Å². The van der Waals surface area contributed by atoms with Gasteiger partial charge in [0.15, 0.2) is 0 Å². The van der Waals surface area contributed by atoms with Crippen molar-refractivity contribution in [3.05, 3.63) is 81.8 Å². The van der Waals surface area contributed by atoms with Crippen LogP contribution in [0.15, 0.2) is 60.0 Å². The first kappa shape index (κ1) is 21.7. The van der Waals surface area contributed by atoms with Gasteiger partial charge in [0, 0.05) is 22.5 Å². The van der Waals surface area contributed by atoms with Crippen molar-refractivity contribution in [1.29, 1.82) is 0 Å². The minimum absolute atomic E-state index is 0.0711. The SMILES string of the molecule is Cc1ccc(N2C(=O)CCC(C(=O)Nc3cc(C(N)=O)ccc3F)C2c2cccs2)cc1. The summed E-state index contributed by atoms with van der Waals surface area (Å²) in [6, 6.07) is 14.4. The maximum absolute atomic E-state index is 14.3. The number of halogens is 1. The van der Waals surface area contributed by atoms with Crippen LogP contribution in [0.25, 0.3) is 0 Å². The summed E-state index contributed by atoms with van der Waals surface area (Å²) < 4.78 is 14.3. The third-order valence-electron chi connectivity index (χ3n) is 5.59. The van der Waals surface area contributed by atoms with E-state index >= 15 is 0 Å². The molecule has 3 aromatic rings. The number of rotatable bonds is 5. The highest BCUT2D eigenvalue weighted by molar-refractivity contribution is 7.10. The number of hydrogen-bond acceptors (Lipinski definition) is 4. The fraction of sp³-hybridized carbons (Fsp3) is 0.208. The van der Waals surface area contributed by atoms with E-state index in [1.165, 1.54) is 23.5 Å². The van der Waals surface area contributed by atoms with Crippen molar-refractivity contribution < 1.29 is 18.8 Å². The molecule has 2 aromatic carbocycles. The summed E-state index contributed by atoms with van der Waals surface area (Å²) in [5.74, 6) is -2.49. The fourth-order valence-electron chi connectivity index (χ4n) is 3.96. The van der Waals surface area contributed by atoms with Crippen LogP contribution in [0.2, 0.25) is 0 Å². The lowest BCUT2D eigenvalue weighted by molar-refractivity contribution is -0.125. The number of amides is 3. The topological polar surface area (TPSA) is 92.5 Å². The van der Waals surface area contributed by atoms with Crippen molar-refractivity contribution in [1.82, 2.24) is 0 Å². The molecule has 2 heterocycles. The van der Waals surface area contributed by atoms with Gasteiger partial charge in [-0.05, 0) is 55.1 Å². The van der Waals surface area contributed by atoms with Crippen LogP contribution in [-0.4, -0.2) is 17.7 Å². The molecular formula is C24H22FN3O3S. The van der Waals surface area contributed by atoms with E-state index in [-0.39, 0.29) is 23.6 Å². The molecule has 2 atom stereocenters. The lowest BCUT2D eigenvalue weighted by atomic mass is 9.86. The molecule has 0 spiro atoms. The second-order valence-electron chi connectivity index (χ2n) is 7.75. The van der Waals surface area contributed by atoms with Crippen LogP contribution in [0.4, 0.5) is 15.8 Å². The Morgan fingerprint density at radius 3 is 2.56 bits per heavy atom. The van der Waals surface area contributed by atoms with Gasteiger partial charge in [0.1, 0.15) is 5.82 Å². The Kier molecular flexibility index (Phi) is 6.05. The van der Waals surface area contributed by atoms with Gasteiger partial charge in [0.25, 0.3) is 0 Å². The number of aryl methyl sites for hydroxylation is 1. The maximum atomic E-state index is 14.3. The van der Waals surface area contributed by atoms with E-state index in [0.29, 0.717) is 12.1 Å². The van der Waals surface area contributed by atoms with Crippen molar-refractivity contribution in [3.8, 4) is 0 Å². The van der Waals surface area contributed by atoms with E-state index in [9.17, 15) is 18.8 Å². The Hall–Kier alpha value is -3.52. The molecular weight excluding hydrogens is 429 g/mol. The van der Waals surface area contributed by atoms with E-state index in [2.05, 4.69) is 5.32 Å². The number of carbonyl (C=O) groups is 3. The van der Waals surface area contributed by atoms with Crippen molar-refractivity contribution in [2.24, 2.45) is 11.7 Å². The predicted molar refractivity (Wildman–Crippen MR) is 122 cm³/mol. The van der Waals surface area contributed by atoms with Gasteiger partial charge >= 0.3 is 0 Å². The van der Waals surface area contributed by atoms with Crippen LogP contribution >= 0.6 is 11.3 Å². The number of anilines is 2. The Morgan fingerprint density at radius 2 is 1.91 bits per heavy atom. The number of primary amides is 1. The Balaban J connectivity index is 1.70. The van der Waals surface area contributed by atoms with Crippen molar-refractivity contribution in [2.45, 2.75) is 25.8 Å². The number of piperidine rings is 1. The quantitative estimate of drug-likeness (QED) is 0.602. The maximum Gasteiger partial charge on any atom is 0.248 e. The molecule has 3 amide bonds. The van der Waals surface area contributed by atoms with Gasteiger partial charge in [-0.1, -0.05) is 23.8 Å². The van der Waals surface area contributed by atoms with Gasteiger partial charge < -0.3 is 16.0 Å². The summed E-state index contributed by atoms with van der Waals surface area (Å²) in [4.78, 5) is 40.3. The van der Waals surface area contributed by atoms with E-state index < -0.39 is 29.6 Å². The summed E-state index contributed by atoms with van der Waals surface area (Å²) in [5, 5.41) is 4.50. The predicted octanol–water partition coefficient (Wildman–Crippen LogP) is 4.42. The second-order valence-corrected chi connectivity index (χ2v) is 8.73. The van der Waals surface area contributed by atoms with Crippen LogP contribution < -0.4 is 16.0 Å². The molecule has 0 bridgehead atoms. The summed E-state index contributed by atoms with van der Waals surface area (Å²) in [5.41, 5.74) is 7.03. The molecule has 0 saturated carbocycles. The highest BCUT2D eigenvalue weighted by Crippen LogP contribution is 2.42. The molecule has 1 saturated heterocycles. The molecule has 1 aliphatic rings. The molecule has 3 N–H and O–H groups in total. The van der Waals surface area contributed by atoms with Gasteiger partial charge in [-0.25, -0.2) is 4.39 Å². The summed E-state index contributed by atoms with van der Waals surface area (Å²) in [6.45, 7) is 1.96. The number of benzene rings is 2. The van der Waals surface area contributed by atoms with Crippen LogP contribution in [0.3, 0.4) is 0 Å². The van der Waals surface area contributed by atoms with E-state index in [0.717, 1.165) is 16.5 Å². The van der Waals surface area contributed by atoms with Gasteiger partial charge in [-0.2, -0.15) is 0 Å². The zero-order valence-corrected chi connectivity index (χ0v) is 18.2. The van der Waals surface area contributed by atoms with Crippen molar-refractivity contribution in [3.63, 3.8) is 0 Å². The van der Waals surface area contributed by atoms with E-state index in [1.807, 2.05) is 48.7 Å². The zero-order chi connectivity index (χ0) is 22.8. The largest absolute Gasteiger partial charge is 0.366 e. The minimum atomic E-state index is -0.717. The number of nitrogens with one attached hydrogen (secondary N) is 1. The number of carbonyl (C=O) groups excluding carboxylic acids is 3. The summed E-state index contributed by atoms with van der Waals surface area (Å²) >= 11 is 1.46. The van der Waals surface area contributed by atoms with Crippen molar-refractivity contribution in [2.75, 3.05) is 10.2 Å². The third-order valence-corrected chi connectivity index (χ3v) is 6.53. The molecule has 1 fully saturated rings. The Morgan fingerprint density at radius 1 is 1.16 bits per heavy atom. The Labute approximate surface area is 188 Å². The monoisotopic (exact) mass is 451 g/mol. The normalized spacial score (nSPS) is 18.4. The first-order chi connectivity index (χ1) is 15.3. The summed E-state index contributed by atoms with van der Waals surface area (Å²) in [7, 11) is 0. The molecule has 8 heteroatoms. The Bertz CT molecular complexity index is 1160. The van der Waals surface area contributed by atoms with Gasteiger partial charge in [0.2, 0.25) is 17.7 Å². The molecule has 6 nitrogen and oxygen atoms in total. The number of thiophene rings is 1. The molecule has 32 heavy (non-hydrogen) atoms. The minimum Gasteiger partial charge on any atom is -0.366 e. The number of nitrogens with zero attached hydrogens (tertiary/aromatic N) is 1. The smallest absolute Gasteiger partial charge is 0.248 e. The molecule has 0 radical (unpaired) electrons. The second kappa shape index (κ2) is 8.92. The standard InChI is InChI=1S/C24H22FN3O3S/c1-14-4-7-16(8-5-14)28-21(29)11-9-17(22(28)20-3-2-12-32-20)24(31)27-19-13-15(23(26)30)6-10-18(19)25/h2-8,10,12-13,17,22H,9,11H2,1H3,(H2,26,30)(H,27,31). The molecule has 1 aromatic heterocycles. The van der Waals surface area contributed by atoms with Crippen LogP contribution in [0.1, 0.15) is 39.7 Å². The van der Waals surface area contributed by atoms with E-state index in [1.54, 1.807) is 4.90 Å². The first-order valence-electron chi connectivity index (χ1n) is 10.2. The average Bonchev–Trinajstić information content (AvgIpc) is 3.30. The average molecular weight is 452 g/mol. The highest BCUT2D eigenvalue weighted by atomic mass is 32.1. The number of hydrogen-bond donors (Lipinski definition) is 2. The summed E-state index contributed by atoms with van der Waals surface area (Å²) in [6.07, 6.45) is 0.518. The fourth-order valence-corrected chi connectivity index (χ4v) is 4.84. The first-order valence-corrected chi connectivity index (χ1v) is 11.1. The molecule has 2 unspecified atom stereocenters. The number of nitrogens with two attached hydrogens (primary N) is 1. The van der Waals surface area contributed by atoms with Gasteiger partial charge in [-0.3, -0.25) is 14.4 Å². The van der Waals surface area contributed by atoms with Crippen LogP contribution in [0.5, 0.6) is 0 Å². The van der Waals surface area contributed by atoms with E-state index in [4.69, 9.17) is 5.73 Å². The third kappa shape index (κ3) is 4.27. The lowest BCUT2D eigenvalue weighted by Crippen LogP contribution is -2.46. The van der Waals surface area contributed by atoms with Gasteiger partial charge in [-0.15, -0.1) is 11.3 Å². The molecule has 4 rings (SSSR count). The lowest BCUT2D eigenvalue weighted by Gasteiger charge is -2.40. The van der Waals surface area contributed by atoms with Crippen molar-refractivity contribution >= 4 is 40.4 Å². The zero-order valence-electron chi connectivity index (χ0n) is 17.4.